The normalized spacial score (nSPS) is 26.9. The van der Waals surface area contributed by atoms with Crippen LogP contribution in [-0.4, -0.2) is 35.9 Å². The molecule has 0 amide bonds. The molecule has 1 rings (SSSR count). The van der Waals surface area contributed by atoms with E-state index in [9.17, 15) is 0 Å². The summed E-state index contributed by atoms with van der Waals surface area (Å²) >= 11 is 0. The monoisotopic (exact) mass is 216 g/mol. The predicted octanol–water partition coefficient (Wildman–Crippen LogP) is -1.69. The van der Waals surface area contributed by atoms with Crippen LogP contribution in [0.4, 0.5) is 0 Å². The van der Waals surface area contributed by atoms with Crippen molar-refractivity contribution in [2.75, 3.05) is 0 Å². The first-order valence-corrected chi connectivity index (χ1v) is 17.3. The Morgan fingerprint density at radius 2 is 1.64 bits per heavy atom. The van der Waals surface area contributed by atoms with E-state index in [1.165, 1.54) is 55.0 Å². The first-order chi connectivity index (χ1) is 5.08. The molecule has 0 radical (unpaired) electrons. The van der Waals surface area contributed by atoms with E-state index < -0.39 is 6.63 Å². The molecule has 0 saturated heterocycles. The maximum absolute atomic E-state index is 2.69. The van der Waals surface area contributed by atoms with Gasteiger partial charge in [-0.3, -0.25) is 0 Å². The van der Waals surface area contributed by atoms with Crippen molar-refractivity contribution in [3.63, 3.8) is 0 Å². The van der Waals surface area contributed by atoms with Crippen LogP contribution in [0.3, 0.4) is 0 Å². The molecular formula is C7H20Si4. The Labute approximate surface area is 79.5 Å². The number of rotatable bonds is 2. The molecule has 0 aliphatic heterocycles. The van der Waals surface area contributed by atoms with Gasteiger partial charge in [0.25, 0.3) is 0 Å². The molecule has 0 spiro atoms. The van der Waals surface area contributed by atoms with Gasteiger partial charge in [-0.15, -0.1) is 5.70 Å². The van der Waals surface area contributed by atoms with Crippen LogP contribution >= 0.6 is 0 Å². The Kier molecular flexibility index (Phi) is 3.54. The molecule has 0 atom stereocenters. The summed E-state index contributed by atoms with van der Waals surface area (Å²) in [5.41, 5.74) is 2.69. The van der Waals surface area contributed by atoms with Gasteiger partial charge in [-0.05, 0) is 48.0 Å². The molecule has 1 aliphatic rings. The van der Waals surface area contributed by atoms with Gasteiger partial charge < -0.3 is 0 Å². The first kappa shape index (κ1) is 9.69. The lowest BCUT2D eigenvalue weighted by molar-refractivity contribution is 0.687. The molecule has 0 heterocycles. The van der Waals surface area contributed by atoms with Crippen molar-refractivity contribution in [1.29, 1.82) is 0 Å². The molecule has 0 bridgehead atoms. The third-order valence-electron chi connectivity index (χ3n) is 2.27. The lowest BCUT2D eigenvalue weighted by Gasteiger charge is -2.10. The maximum atomic E-state index is 2.69. The van der Waals surface area contributed by atoms with Crippen molar-refractivity contribution < 1.29 is 0 Å². The lowest BCUT2D eigenvalue weighted by atomic mass is 10.1. The zero-order chi connectivity index (χ0) is 8.32. The summed E-state index contributed by atoms with van der Waals surface area (Å²) in [5.74, 6) is 0.999. The summed E-state index contributed by atoms with van der Waals surface area (Å²) in [6, 6.07) is 0. The van der Waals surface area contributed by atoms with Crippen molar-refractivity contribution in [1.82, 2.24) is 0 Å². The molecule has 11 heavy (non-hydrogen) atoms. The largest absolute Gasteiger partial charge is 0.108 e. The molecule has 64 valence electrons. The third-order valence-corrected chi connectivity index (χ3v) is 6.46. The van der Waals surface area contributed by atoms with Crippen LogP contribution in [0.25, 0.3) is 0 Å². The average Bonchev–Trinajstić information content (AvgIpc) is 2.32. The van der Waals surface area contributed by atoms with Gasteiger partial charge in [0.2, 0.25) is 0 Å². The van der Waals surface area contributed by atoms with E-state index in [1.807, 2.05) is 0 Å². The Morgan fingerprint density at radius 3 is 2.09 bits per heavy atom. The second kappa shape index (κ2) is 4.02. The van der Waals surface area contributed by atoms with Gasteiger partial charge in [-0.2, -0.15) is 0 Å². The standard InChI is InChI=1S/C7H20Si4/c8-11(9,10)6-5-7-3-1-2-4-7/h5-7H,1-4H2,8-10H3. The fourth-order valence-corrected chi connectivity index (χ4v) is 4.16. The minimum Gasteiger partial charge on any atom is -0.108 e. The van der Waals surface area contributed by atoms with E-state index >= 15 is 0 Å². The highest BCUT2D eigenvalue weighted by Gasteiger charge is 2.13. The zero-order valence-electron chi connectivity index (χ0n) is 8.06. The number of hydrogen-bond acceptors (Lipinski definition) is 0. The SMILES string of the molecule is [SiH3][Si]([SiH3])([SiH3])C=CC1CCCC1. The van der Waals surface area contributed by atoms with Crippen molar-refractivity contribution in [2.45, 2.75) is 25.7 Å². The molecule has 0 N–H and O–H groups in total. The molecule has 0 aromatic rings. The van der Waals surface area contributed by atoms with Crippen LogP contribution in [-0.2, 0) is 0 Å². The lowest BCUT2D eigenvalue weighted by Crippen LogP contribution is -2.35. The molecule has 0 nitrogen and oxygen atoms in total. The van der Waals surface area contributed by atoms with Crippen LogP contribution < -0.4 is 0 Å². The summed E-state index contributed by atoms with van der Waals surface area (Å²) in [6.45, 7) is -0.489. The van der Waals surface area contributed by atoms with E-state index in [0.29, 0.717) is 0 Å². The van der Waals surface area contributed by atoms with Crippen LogP contribution in [0.2, 0.25) is 0 Å². The highest BCUT2D eigenvalue weighted by atomic mass is 29.8. The molecule has 0 aromatic heterocycles. The van der Waals surface area contributed by atoms with Gasteiger partial charge in [0.1, 0.15) is 0 Å². The summed E-state index contributed by atoms with van der Waals surface area (Å²) in [4.78, 5) is 0. The summed E-state index contributed by atoms with van der Waals surface area (Å²) in [7, 11) is 4.60. The molecule has 0 aromatic carbocycles. The number of allylic oxidation sites excluding steroid dienone is 1. The predicted molar refractivity (Wildman–Crippen MR) is 66.7 cm³/mol. The number of hydrogen-bond donors (Lipinski definition) is 0. The Hall–Kier alpha value is 0.608. The fraction of sp³-hybridized carbons (Fsp3) is 0.714. The van der Waals surface area contributed by atoms with E-state index in [4.69, 9.17) is 0 Å². The highest BCUT2D eigenvalue weighted by Crippen LogP contribution is 2.25. The molecule has 1 saturated carbocycles. The second-order valence-electron chi connectivity index (χ2n) is 4.77. The smallest absolute Gasteiger partial charge is 0.0288 e. The molecule has 4 heteroatoms. The molecule has 0 unspecified atom stereocenters. The van der Waals surface area contributed by atoms with E-state index in [2.05, 4.69) is 11.8 Å². The Morgan fingerprint density at radius 1 is 1.09 bits per heavy atom. The summed E-state index contributed by atoms with van der Waals surface area (Å²) in [6.07, 6.45) is 8.56. The van der Waals surface area contributed by atoms with Crippen LogP contribution in [0, 0.1) is 5.92 Å². The van der Waals surface area contributed by atoms with Crippen molar-refractivity contribution in [2.24, 2.45) is 5.92 Å². The molecule has 1 fully saturated rings. The maximum Gasteiger partial charge on any atom is 0.0288 e. The van der Waals surface area contributed by atoms with Gasteiger partial charge in [0, 0.05) is 6.63 Å². The minimum absolute atomic E-state index is 0.489. The third kappa shape index (κ3) is 4.24. The van der Waals surface area contributed by atoms with Crippen LogP contribution in [0.1, 0.15) is 25.7 Å². The highest BCUT2D eigenvalue weighted by molar-refractivity contribution is 7.62. The van der Waals surface area contributed by atoms with Gasteiger partial charge in [0.05, 0.1) is 0 Å². The quantitative estimate of drug-likeness (QED) is 0.483. The minimum atomic E-state index is -0.489. The zero-order valence-corrected chi connectivity index (χ0v) is 15.1. The van der Waals surface area contributed by atoms with Crippen LogP contribution in [0.15, 0.2) is 11.8 Å². The van der Waals surface area contributed by atoms with Gasteiger partial charge in [-0.1, -0.05) is 18.9 Å². The van der Waals surface area contributed by atoms with Gasteiger partial charge in [-0.25, -0.2) is 0 Å². The van der Waals surface area contributed by atoms with E-state index in [0.717, 1.165) is 5.92 Å². The van der Waals surface area contributed by atoms with Crippen molar-refractivity contribution in [3.8, 4) is 0 Å². The first-order valence-electron chi connectivity index (χ1n) is 4.77. The topological polar surface area (TPSA) is 0 Å². The summed E-state index contributed by atoms with van der Waals surface area (Å²) in [5, 5.41) is 0. The molecule has 1 aliphatic carbocycles. The van der Waals surface area contributed by atoms with Gasteiger partial charge >= 0.3 is 0 Å². The average molecular weight is 217 g/mol. The van der Waals surface area contributed by atoms with Crippen molar-refractivity contribution >= 4 is 35.9 Å². The Bertz CT molecular complexity index is 141. The van der Waals surface area contributed by atoms with Gasteiger partial charge in [0.15, 0.2) is 0 Å². The summed E-state index contributed by atoms with van der Waals surface area (Å²) < 4.78 is 0. The second-order valence-corrected chi connectivity index (χ2v) is 51.0. The van der Waals surface area contributed by atoms with E-state index in [1.54, 1.807) is 0 Å². The van der Waals surface area contributed by atoms with Crippen LogP contribution in [0.5, 0.6) is 0 Å². The Balaban J connectivity index is 2.34. The molecular weight excluding hydrogens is 196 g/mol. The van der Waals surface area contributed by atoms with E-state index in [-0.39, 0.29) is 0 Å². The van der Waals surface area contributed by atoms with Crippen molar-refractivity contribution in [3.05, 3.63) is 11.8 Å². The fourth-order valence-electron chi connectivity index (χ4n) is 1.57.